The van der Waals surface area contributed by atoms with Crippen LogP contribution in [-0.4, -0.2) is 26.3 Å². The highest BCUT2D eigenvalue weighted by Crippen LogP contribution is 2.07. The van der Waals surface area contributed by atoms with E-state index in [4.69, 9.17) is 9.47 Å². The minimum absolute atomic E-state index is 0.268. The summed E-state index contributed by atoms with van der Waals surface area (Å²) in [4.78, 5) is 11.1. The predicted molar refractivity (Wildman–Crippen MR) is 56.1 cm³/mol. The van der Waals surface area contributed by atoms with Crippen molar-refractivity contribution in [3.63, 3.8) is 0 Å². The van der Waals surface area contributed by atoms with Gasteiger partial charge in [-0.25, -0.2) is 4.79 Å². The van der Waals surface area contributed by atoms with E-state index < -0.39 is 0 Å². The lowest BCUT2D eigenvalue weighted by atomic mass is 10.1. The van der Waals surface area contributed by atoms with Crippen LogP contribution >= 0.6 is 0 Å². The van der Waals surface area contributed by atoms with E-state index in [1.54, 1.807) is 20.1 Å². The number of hydrogen-bond acceptors (Lipinski definition) is 3. The quantitative estimate of drug-likeness (QED) is 0.467. The van der Waals surface area contributed by atoms with E-state index in [9.17, 15) is 4.79 Å². The van der Waals surface area contributed by atoms with E-state index in [-0.39, 0.29) is 5.97 Å². The average Bonchev–Trinajstić information content (AvgIpc) is 2.15. The van der Waals surface area contributed by atoms with E-state index in [2.05, 4.69) is 6.92 Å². The van der Waals surface area contributed by atoms with Crippen molar-refractivity contribution in [2.75, 3.05) is 20.3 Å². The highest BCUT2D eigenvalue weighted by atomic mass is 16.5. The molecule has 0 aliphatic carbocycles. The molecule has 0 spiro atoms. The summed E-state index contributed by atoms with van der Waals surface area (Å²) in [5.74, 6) is -0.268. The molecule has 0 amide bonds. The molecular formula is C11H20O3. The lowest BCUT2D eigenvalue weighted by Gasteiger charge is -2.05. The summed E-state index contributed by atoms with van der Waals surface area (Å²) in [7, 11) is 1.63. The zero-order chi connectivity index (χ0) is 10.8. The van der Waals surface area contributed by atoms with Gasteiger partial charge in [-0.2, -0.15) is 0 Å². The normalized spacial score (nSPS) is 11.5. The topological polar surface area (TPSA) is 35.5 Å². The zero-order valence-corrected chi connectivity index (χ0v) is 9.34. The number of esters is 1. The van der Waals surface area contributed by atoms with Crippen LogP contribution in [0, 0.1) is 0 Å². The first kappa shape index (κ1) is 13.2. The van der Waals surface area contributed by atoms with Gasteiger partial charge in [0, 0.05) is 13.2 Å². The molecule has 0 rings (SSSR count). The van der Waals surface area contributed by atoms with Gasteiger partial charge in [-0.1, -0.05) is 13.3 Å². The van der Waals surface area contributed by atoms with Crippen molar-refractivity contribution in [2.24, 2.45) is 0 Å². The van der Waals surface area contributed by atoms with Crippen LogP contribution in [0.25, 0.3) is 0 Å². The highest BCUT2D eigenvalue weighted by molar-refractivity contribution is 5.82. The van der Waals surface area contributed by atoms with Crippen LogP contribution in [0.1, 0.15) is 33.1 Å². The number of unbranched alkanes of at least 4 members (excludes halogenated alkanes) is 1. The Morgan fingerprint density at radius 1 is 1.36 bits per heavy atom. The summed E-state index contributed by atoms with van der Waals surface area (Å²) in [6.07, 6.45) is 4.64. The van der Waals surface area contributed by atoms with Crippen LogP contribution in [0.2, 0.25) is 0 Å². The van der Waals surface area contributed by atoms with Crippen molar-refractivity contribution in [1.29, 1.82) is 0 Å². The first-order valence-electron chi connectivity index (χ1n) is 5.09. The highest BCUT2D eigenvalue weighted by Gasteiger charge is 2.01. The molecular weight excluding hydrogens is 180 g/mol. The summed E-state index contributed by atoms with van der Waals surface area (Å²) < 4.78 is 9.83. The SMILES string of the molecule is CCCCC(=CC(=O)OCC)COC. The van der Waals surface area contributed by atoms with Gasteiger partial charge in [-0.15, -0.1) is 0 Å². The second kappa shape index (κ2) is 8.75. The fourth-order valence-corrected chi connectivity index (χ4v) is 1.13. The molecule has 82 valence electrons. The third-order valence-electron chi connectivity index (χ3n) is 1.79. The molecule has 3 heteroatoms. The number of carbonyl (C=O) groups is 1. The molecule has 0 aliphatic rings. The van der Waals surface area contributed by atoms with Crippen LogP contribution in [-0.2, 0) is 14.3 Å². The van der Waals surface area contributed by atoms with E-state index in [1.807, 2.05) is 0 Å². The lowest BCUT2D eigenvalue weighted by molar-refractivity contribution is -0.137. The van der Waals surface area contributed by atoms with Crippen molar-refractivity contribution in [1.82, 2.24) is 0 Å². The number of hydrogen-bond donors (Lipinski definition) is 0. The molecule has 0 aliphatic heterocycles. The molecule has 3 nitrogen and oxygen atoms in total. The van der Waals surface area contributed by atoms with Gasteiger partial charge >= 0.3 is 5.97 Å². The van der Waals surface area contributed by atoms with Gasteiger partial charge < -0.3 is 9.47 Å². The van der Waals surface area contributed by atoms with Gasteiger partial charge in [0.05, 0.1) is 13.2 Å². The van der Waals surface area contributed by atoms with Crippen molar-refractivity contribution in [2.45, 2.75) is 33.1 Å². The molecule has 14 heavy (non-hydrogen) atoms. The molecule has 0 aromatic carbocycles. The Labute approximate surface area is 86.1 Å². The van der Waals surface area contributed by atoms with Gasteiger partial charge in [-0.3, -0.25) is 0 Å². The third-order valence-corrected chi connectivity index (χ3v) is 1.79. The van der Waals surface area contributed by atoms with Gasteiger partial charge in [0.15, 0.2) is 0 Å². The molecule has 0 aromatic heterocycles. The second-order valence-electron chi connectivity index (χ2n) is 3.09. The molecule has 0 N–H and O–H groups in total. The number of carbonyl (C=O) groups excluding carboxylic acids is 1. The molecule has 0 fully saturated rings. The Bertz CT molecular complexity index is 185. The molecule has 0 saturated carbocycles. The summed E-state index contributed by atoms with van der Waals surface area (Å²) in [6, 6.07) is 0. The smallest absolute Gasteiger partial charge is 0.330 e. The molecule has 0 radical (unpaired) electrons. The Morgan fingerprint density at radius 2 is 2.07 bits per heavy atom. The molecule has 0 heterocycles. The molecule has 0 bridgehead atoms. The summed E-state index contributed by atoms with van der Waals surface area (Å²) in [5, 5.41) is 0. The summed E-state index contributed by atoms with van der Waals surface area (Å²) >= 11 is 0. The molecule has 0 aromatic rings. The fraction of sp³-hybridized carbons (Fsp3) is 0.727. The second-order valence-corrected chi connectivity index (χ2v) is 3.09. The van der Waals surface area contributed by atoms with Crippen molar-refractivity contribution in [3.05, 3.63) is 11.6 Å². The maximum atomic E-state index is 11.1. The first-order chi connectivity index (χ1) is 6.74. The Hall–Kier alpha value is -0.830. The van der Waals surface area contributed by atoms with Gasteiger partial charge in [0.2, 0.25) is 0 Å². The lowest BCUT2D eigenvalue weighted by Crippen LogP contribution is -2.04. The van der Waals surface area contributed by atoms with E-state index in [0.717, 1.165) is 24.8 Å². The van der Waals surface area contributed by atoms with E-state index >= 15 is 0 Å². The zero-order valence-electron chi connectivity index (χ0n) is 9.34. The van der Waals surface area contributed by atoms with Crippen LogP contribution in [0.5, 0.6) is 0 Å². The number of rotatable bonds is 7. The first-order valence-corrected chi connectivity index (χ1v) is 5.09. The summed E-state index contributed by atoms with van der Waals surface area (Å²) in [6.45, 7) is 4.85. The number of ether oxygens (including phenoxy) is 2. The minimum Gasteiger partial charge on any atom is -0.463 e. The minimum atomic E-state index is -0.268. The molecule has 0 atom stereocenters. The van der Waals surface area contributed by atoms with Gasteiger partial charge in [-0.05, 0) is 25.3 Å². The largest absolute Gasteiger partial charge is 0.463 e. The average molecular weight is 200 g/mol. The van der Waals surface area contributed by atoms with Gasteiger partial charge in [0.25, 0.3) is 0 Å². The molecule has 0 unspecified atom stereocenters. The van der Waals surface area contributed by atoms with Gasteiger partial charge in [0.1, 0.15) is 0 Å². The van der Waals surface area contributed by atoms with E-state index in [0.29, 0.717) is 13.2 Å². The number of methoxy groups -OCH3 is 1. The fourth-order valence-electron chi connectivity index (χ4n) is 1.13. The maximum Gasteiger partial charge on any atom is 0.330 e. The van der Waals surface area contributed by atoms with Crippen LogP contribution < -0.4 is 0 Å². The monoisotopic (exact) mass is 200 g/mol. The Kier molecular flexibility index (Phi) is 8.24. The third kappa shape index (κ3) is 6.66. The Morgan fingerprint density at radius 3 is 2.57 bits per heavy atom. The standard InChI is InChI=1S/C11H20O3/c1-4-6-7-10(9-13-3)8-11(12)14-5-2/h8H,4-7,9H2,1-3H3. The molecule has 0 saturated heterocycles. The Balaban J connectivity index is 4.08. The van der Waals surface area contributed by atoms with Crippen molar-refractivity contribution < 1.29 is 14.3 Å². The van der Waals surface area contributed by atoms with E-state index in [1.165, 1.54) is 0 Å². The predicted octanol–water partition coefficient (Wildman–Crippen LogP) is 2.31. The van der Waals surface area contributed by atoms with Crippen molar-refractivity contribution >= 4 is 5.97 Å². The van der Waals surface area contributed by atoms with Crippen LogP contribution in [0.3, 0.4) is 0 Å². The maximum absolute atomic E-state index is 11.1. The van der Waals surface area contributed by atoms with Crippen LogP contribution in [0.4, 0.5) is 0 Å². The van der Waals surface area contributed by atoms with Crippen LogP contribution in [0.15, 0.2) is 11.6 Å². The van der Waals surface area contributed by atoms with Crippen molar-refractivity contribution in [3.8, 4) is 0 Å². The summed E-state index contributed by atoms with van der Waals surface area (Å²) in [5.41, 5.74) is 1.01.